The average Bonchev–Trinajstić information content (AvgIpc) is 2.05. The lowest BCUT2D eigenvalue weighted by Crippen LogP contribution is -1.98. The zero-order valence-electron chi connectivity index (χ0n) is 6.16. The van der Waals surface area contributed by atoms with E-state index in [9.17, 15) is 10.1 Å². The van der Waals surface area contributed by atoms with Crippen molar-refractivity contribution in [2.75, 3.05) is 0 Å². The maximum absolute atomic E-state index is 10.4. The van der Waals surface area contributed by atoms with Crippen LogP contribution in [0.2, 0.25) is 0 Å². The van der Waals surface area contributed by atoms with E-state index in [1.807, 2.05) is 22.6 Å². The van der Waals surface area contributed by atoms with E-state index < -0.39 is 4.92 Å². The highest BCUT2D eigenvalue weighted by atomic mass is 127. The molecule has 0 aliphatic carbocycles. The Kier molecular flexibility index (Phi) is 2.99. The molecule has 0 amide bonds. The number of nitrogens with zero attached hydrogens (tertiary/aromatic N) is 1. The van der Waals surface area contributed by atoms with Crippen LogP contribution in [0.25, 0.3) is 0 Å². The summed E-state index contributed by atoms with van der Waals surface area (Å²) in [6, 6.07) is 4.98. The van der Waals surface area contributed by atoms with Crippen molar-refractivity contribution in [2.24, 2.45) is 5.73 Å². The van der Waals surface area contributed by atoms with Crippen molar-refractivity contribution in [1.29, 1.82) is 0 Å². The third-order valence-corrected chi connectivity index (χ3v) is 2.36. The molecule has 0 unspecified atom stereocenters. The monoisotopic (exact) mass is 278 g/mol. The van der Waals surface area contributed by atoms with Gasteiger partial charge in [-0.15, -0.1) is 0 Å². The molecule has 0 saturated carbocycles. The van der Waals surface area contributed by atoms with Crippen molar-refractivity contribution < 1.29 is 4.92 Å². The molecule has 0 aliphatic rings. The Morgan fingerprint density at radius 3 is 2.75 bits per heavy atom. The number of nitro groups is 1. The zero-order chi connectivity index (χ0) is 9.14. The summed E-state index contributed by atoms with van der Waals surface area (Å²) in [7, 11) is 0. The molecule has 0 fully saturated rings. The van der Waals surface area contributed by atoms with Crippen molar-refractivity contribution in [3.63, 3.8) is 0 Å². The number of nitro benzene ring substituents is 1. The molecule has 0 spiro atoms. The first-order valence-electron chi connectivity index (χ1n) is 3.28. The molecule has 0 radical (unpaired) electrons. The zero-order valence-corrected chi connectivity index (χ0v) is 8.32. The minimum atomic E-state index is -0.402. The van der Waals surface area contributed by atoms with Crippen LogP contribution in [-0.4, -0.2) is 4.92 Å². The van der Waals surface area contributed by atoms with Crippen LogP contribution in [0.5, 0.6) is 0 Å². The Morgan fingerprint density at radius 2 is 2.25 bits per heavy atom. The molecule has 0 bridgehead atoms. The van der Waals surface area contributed by atoms with Gasteiger partial charge in [-0.05, 0) is 34.2 Å². The fourth-order valence-corrected chi connectivity index (χ4v) is 1.36. The summed E-state index contributed by atoms with van der Waals surface area (Å²) in [5.41, 5.74) is 6.25. The smallest absolute Gasteiger partial charge is 0.282 e. The molecule has 1 aromatic rings. The van der Waals surface area contributed by atoms with Crippen molar-refractivity contribution >= 4 is 28.3 Å². The van der Waals surface area contributed by atoms with E-state index in [0.717, 1.165) is 5.56 Å². The maximum Gasteiger partial charge on any atom is 0.282 e. The van der Waals surface area contributed by atoms with Gasteiger partial charge in [0.1, 0.15) is 0 Å². The van der Waals surface area contributed by atoms with E-state index in [2.05, 4.69) is 0 Å². The van der Waals surface area contributed by atoms with Crippen LogP contribution in [0, 0.1) is 13.7 Å². The second-order valence-corrected chi connectivity index (χ2v) is 3.41. The molecule has 12 heavy (non-hydrogen) atoms. The van der Waals surface area contributed by atoms with Crippen LogP contribution in [-0.2, 0) is 6.54 Å². The van der Waals surface area contributed by atoms with E-state index in [1.165, 1.54) is 6.07 Å². The highest BCUT2D eigenvalue weighted by Gasteiger charge is 2.10. The minimum absolute atomic E-state index is 0.124. The Labute approximate surface area is 83.1 Å². The van der Waals surface area contributed by atoms with Gasteiger partial charge in [-0.3, -0.25) is 10.1 Å². The Morgan fingerprint density at radius 1 is 1.58 bits per heavy atom. The summed E-state index contributed by atoms with van der Waals surface area (Å²) in [5.74, 6) is 0. The summed E-state index contributed by atoms with van der Waals surface area (Å²) in [6.07, 6.45) is 0. The van der Waals surface area contributed by atoms with Crippen LogP contribution in [0.3, 0.4) is 0 Å². The lowest BCUT2D eigenvalue weighted by atomic mass is 10.2. The molecule has 64 valence electrons. The summed E-state index contributed by atoms with van der Waals surface area (Å²) in [4.78, 5) is 10.0. The van der Waals surface area contributed by atoms with E-state index in [0.29, 0.717) is 10.1 Å². The molecule has 1 aromatic carbocycles. The minimum Gasteiger partial charge on any atom is -0.326 e. The van der Waals surface area contributed by atoms with E-state index >= 15 is 0 Å². The quantitative estimate of drug-likeness (QED) is 0.508. The molecular formula is C7H7IN2O2. The Hall–Kier alpha value is -0.690. The number of hydrogen-bond acceptors (Lipinski definition) is 3. The standard InChI is InChI=1S/C7H7IN2O2/c8-6-2-1-5(4-9)3-7(6)10(11)12/h1-3H,4,9H2. The number of hydrogen-bond donors (Lipinski definition) is 1. The van der Waals surface area contributed by atoms with Crippen molar-refractivity contribution in [3.8, 4) is 0 Å². The van der Waals surface area contributed by atoms with Crippen molar-refractivity contribution in [1.82, 2.24) is 0 Å². The highest BCUT2D eigenvalue weighted by molar-refractivity contribution is 14.1. The normalized spacial score (nSPS) is 9.83. The molecule has 0 saturated heterocycles. The van der Waals surface area contributed by atoms with Gasteiger partial charge in [-0.25, -0.2) is 0 Å². The lowest BCUT2D eigenvalue weighted by Gasteiger charge is -1.98. The molecule has 1 rings (SSSR count). The highest BCUT2D eigenvalue weighted by Crippen LogP contribution is 2.21. The first-order valence-corrected chi connectivity index (χ1v) is 4.36. The molecule has 0 aromatic heterocycles. The van der Waals surface area contributed by atoms with Gasteiger partial charge in [0, 0.05) is 12.6 Å². The summed E-state index contributed by atoms with van der Waals surface area (Å²) in [6.45, 7) is 0.331. The van der Waals surface area contributed by atoms with Crippen molar-refractivity contribution in [2.45, 2.75) is 6.54 Å². The fourth-order valence-electron chi connectivity index (χ4n) is 0.825. The third kappa shape index (κ3) is 1.92. The van der Waals surface area contributed by atoms with Gasteiger partial charge < -0.3 is 5.73 Å². The molecular weight excluding hydrogens is 271 g/mol. The van der Waals surface area contributed by atoms with Crippen LogP contribution < -0.4 is 5.73 Å². The lowest BCUT2D eigenvalue weighted by molar-refractivity contribution is -0.385. The SMILES string of the molecule is NCc1ccc(I)c([N+](=O)[O-])c1. The van der Waals surface area contributed by atoms with Crippen LogP contribution >= 0.6 is 22.6 Å². The van der Waals surface area contributed by atoms with Gasteiger partial charge in [0.2, 0.25) is 0 Å². The molecule has 0 atom stereocenters. The predicted octanol–water partition coefficient (Wildman–Crippen LogP) is 1.66. The van der Waals surface area contributed by atoms with Gasteiger partial charge in [-0.1, -0.05) is 6.07 Å². The second-order valence-electron chi connectivity index (χ2n) is 2.25. The topological polar surface area (TPSA) is 69.2 Å². The van der Waals surface area contributed by atoms with E-state index in [1.54, 1.807) is 12.1 Å². The number of nitrogens with two attached hydrogens (primary N) is 1. The number of rotatable bonds is 2. The van der Waals surface area contributed by atoms with Gasteiger partial charge in [0.25, 0.3) is 5.69 Å². The van der Waals surface area contributed by atoms with Gasteiger partial charge >= 0.3 is 0 Å². The van der Waals surface area contributed by atoms with Crippen LogP contribution in [0.15, 0.2) is 18.2 Å². The molecule has 0 aliphatic heterocycles. The van der Waals surface area contributed by atoms with Crippen LogP contribution in [0.4, 0.5) is 5.69 Å². The van der Waals surface area contributed by atoms with Gasteiger partial charge in [0.15, 0.2) is 0 Å². The Bertz CT molecular complexity index is 314. The largest absolute Gasteiger partial charge is 0.326 e. The summed E-state index contributed by atoms with van der Waals surface area (Å²) >= 11 is 1.93. The average molecular weight is 278 g/mol. The molecule has 5 heteroatoms. The number of halogens is 1. The second kappa shape index (κ2) is 3.81. The Balaban J connectivity index is 3.17. The van der Waals surface area contributed by atoms with E-state index in [-0.39, 0.29) is 5.69 Å². The number of benzene rings is 1. The summed E-state index contributed by atoms with van der Waals surface area (Å²) in [5, 5.41) is 10.4. The van der Waals surface area contributed by atoms with Gasteiger partial charge in [-0.2, -0.15) is 0 Å². The molecule has 0 heterocycles. The van der Waals surface area contributed by atoms with Crippen LogP contribution in [0.1, 0.15) is 5.56 Å². The fraction of sp³-hybridized carbons (Fsp3) is 0.143. The third-order valence-electron chi connectivity index (χ3n) is 1.44. The maximum atomic E-state index is 10.4. The van der Waals surface area contributed by atoms with E-state index in [4.69, 9.17) is 5.73 Å². The summed E-state index contributed by atoms with van der Waals surface area (Å²) < 4.78 is 0.634. The first kappa shape index (κ1) is 9.40. The first-order chi connectivity index (χ1) is 5.65. The molecule has 4 nitrogen and oxygen atoms in total. The van der Waals surface area contributed by atoms with Gasteiger partial charge in [0.05, 0.1) is 8.49 Å². The van der Waals surface area contributed by atoms with Crippen molar-refractivity contribution in [3.05, 3.63) is 37.4 Å². The molecule has 2 N–H and O–H groups in total. The predicted molar refractivity (Wildman–Crippen MR) is 53.7 cm³/mol.